The maximum absolute atomic E-state index is 12.0. The first kappa shape index (κ1) is 17.1. The van der Waals surface area contributed by atoms with E-state index in [0.717, 1.165) is 17.4 Å². The third kappa shape index (κ3) is 5.98. The molecule has 0 aliphatic rings. The van der Waals surface area contributed by atoms with E-state index in [0.29, 0.717) is 12.1 Å². The molecule has 114 valence electrons. The average molecular weight is 355 g/mol. The number of unbranched alkanes of at least 4 members (excludes halogenated alkanes) is 1. The molecule has 0 unspecified atom stereocenters. The van der Waals surface area contributed by atoms with E-state index in [1.165, 1.54) is 0 Å². The second kappa shape index (κ2) is 7.71. The van der Waals surface area contributed by atoms with Crippen molar-refractivity contribution in [1.29, 1.82) is 0 Å². The summed E-state index contributed by atoms with van der Waals surface area (Å²) in [5.41, 5.74) is 0.523. The van der Waals surface area contributed by atoms with Gasteiger partial charge in [-0.25, -0.2) is 0 Å². The van der Waals surface area contributed by atoms with Gasteiger partial charge in [0.05, 0.1) is 0 Å². The number of carbonyl (C=O) groups excluding carboxylic acids is 1. The summed E-state index contributed by atoms with van der Waals surface area (Å²) in [6.45, 7) is 2.99. The van der Waals surface area contributed by atoms with E-state index in [9.17, 15) is 18.0 Å². The molecule has 3 nitrogen and oxygen atoms in total. The van der Waals surface area contributed by atoms with Gasteiger partial charge in [0.15, 0.2) is 0 Å². The summed E-state index contributed by atoms with van der Waals surface area (Å²) >= 11 is 3.31. The maximum Gasteiger partial charge on any atom is 0.389 e. The lowest BCUT2D eigenvalue weighted by Gasteiger charge is -2.09. The van der Waals surface area contributed by atoms with Crippen molar-refractivity contribution in [3.05, 3.63) is 22.4 Å². The highest BCUT2D eigenvalue weighted by Crippen LogP contribution is 2.22. The summed E-state index contributed by atoms with van der Waals surface area (Å²) in [4.78, 5) is 11.9. The second-order valence-corrected chi connectivity index (χ2v) is 5.48. The number of nitrogens with zero attached hydrogens (tertiary/aromatic N) is 1. The van der Waals surface area contributed by atoms with Gasteiger partial charge in [0.2, 0.25) is 0 Å². The van der Waals surface area contributed by atoms with Crippen LogP contribution < -0.4 is 5.32 Å². The highest BCUT2D eigenvalue weighted by atomic mass is 79.9. The molecule has 0 spiro atoms. The number of carbonyl (C=O) groups is 1. The molecule has 1 heterocycles. The topological polar surface area (TPSA) is 34.0 Å². The van der Waals surface area contributed by atoms with Crippen LogP contribution in [-0.2, 0) is 6.54 Å². The molecule has 20 heavy (non-hydrogen) atoms. The smallest absolute Gasteiger partial charge is 0.351 e. The van der Waals surface area contributed by atoms with E-state index in [-0.39, 0.29) is 18.9 Å². The Balaban J connectivity index is 2.39. The Hall–Kier alpha value is -0.980. The van der Waals surface area contributed by atoms with Gasteiger partial charge >= 0.3 is 6.18 Å². The molecule has 0 radical (unpaired) electrons. The lowest BCUT2D eigenvalue weighted by molar-refractivity contribution is -0.135. The van der Waals surface area contributed by atoms with E-state index in [1.54, 1.807) is 6.07 Å². The second-order valence-electron chi connectivity index (χ2n) is 4.57. The van der Waals surface area contributed by atoms with E-state index < -0.39 is 12.6 Å². The predicted molar refractivity (Wildman–Crippen MR) is 74.7 cm³/mol. The summed E-state index contributed by atoms with van der Waals surface area (Å²) in [5, 5.41) is 2.65. The number of aryl methyl sites for hydroxylation is 1. The Morgan fingerprint density at radius 3 is 2.70 bits per heavy atom. The van der Waals surface area contributed by atoms with Crippen LogP contribution in [0.2, 0.25) is 0 Å². The quantitative estimate of drug-likeness (QED) is 0.734. The zero-order valence-electron chi connectivity index (χ0n) is 11.3. The molecule has 1 N–H and O–H groups in total. The van der Waals surface area contributed by atoms with Crippen molar-refractivity contribution < 1.29 is 18.0 Å². The fraction of sp³-hybridized carbons (Fsp3) is 0.615. The van der Waals surface area contributed by atoms with Crippen LogP contribution in [0, 0.1) is 0 Å². The molecule has 0 fully saturated rings. The van der Waals surface area contributed by atoms with Crippen LogP contribution in [0.4, 0.5) is 13.2 Å². The largest absolute Gasteiger partial charge is 0.389 e. The molecule has 1 aromatic heterocycles. The number of halogens is 4. The molecular weight excluding hydrogens is 337 g/mol. The molecule has 0 bridgehead atoms. The molecule has 1 amide bonds. The Kier molecular flexibility index (Phi) is 6.58. The van der Waals surface area contributed by atoms with Gasteiger partial charge in [0, 0.05) is 30.2 Å². The zero-order valence-corrected chi connectivity index (χ0v) is 12.9. The average Bonchev–Trinajstić information content (AvgIpc) is 2.69. The first-order valence-corrected chi connectivity index (χ1v) is 7.33. The molecule has 0 saturated heterocycles. The van der Waals surface area contributed by atoms with E-state index in [2.05, 4.69) is 21.2 Å². The van der Waals surface area contributed by atoms with Crippen molar-refractivity contribution in [1.82, 2.24) is 9.88 Å². The van der Waals surface area contributed by atoms with Gasteiger partial charge in [0.25, 0.3) is 5.91 Å². The van der Waals surface area contributed by atoms with Crippen molar-refractivity contribution in [3.63, 3.8) is 0 Å². The van der Waals surface area contributed by atoms with Gasteiger partial charge in [0.1, 0.15) is 5.69 Å². The van der Waals surface area contributed by atoms with Gasteiger partial charge in [-0.05, 0) is 41.3 Å². The van der Waals surface area contributed by atoms with Crippen molar-refractivity contribution in [2.45, 2.75) is 45.3 Å². The number of aromatic nitrogens is 1. The Morgan fingerprint density at radius 1 is 1.40 bits per heavy atom. The summed E-state index contributed by atoms with van der Waals surface area (Å²) in [6.07, 6.45) is -1.86. The van der Waals surface area contributed by atoms with Crippen molar-refractivity contribution in [2.75, 3.05) is 6.54 Å². The van der Waals surface area contributed by atoms with Gasteiger partial charge in [-0.15, -0.1) is 0 Å². The van der Waals surface area contributed by atoms with Gasteiger partial charge in [-0.2, -0.15) is 13.2 Å². The number of nitrogens with one attached hydrogen (secondary N) is 1. The number of hydrogen-bond acceptors (Lipinski definition) is 1. The Labute approximate surface area is 124 Å². The summed E-state index contributed by atoms with van der Waals surface area (Å²) in [7, 11) is 0. The zero-order chi connectivity index (χ0) is 15.2. The normalized spacial score (nSPS) is 11.7. The van der Waals surface area contributed by atoms with Crippen LogP contribution in [0.1, 0.15) is 43.1 Å². The van der Waals surface area contributed by atoms with E-state index in [4.69, 9.17) is 0 Å². The Morgan fingerprint density at radius 2 is 2.10 bits per heavy atom. The summed E-state index contributed by atoms with van der Waals surface area (Å²) in [5.74, 6) is -0.254. The lowest BCUT2D eigenvalue weighted by Crippen LogP contribution is -2.27. The first-order valence-electron chi connectivity index (χ1n) is 6.54. The van der Waals surface area contributed by atoms with Crippen LogP contribution in [0.15, 0.2) is 16.7 Å². The molecule has 1 rings (SSSR count). The SMILES string of the molecule is CCCn1cc(Br)cc1C(=O)NCCCCC(F)(F)F. The highest BCUT2D eigenvalue weighted by molar-refractivity contribution is 9.10. The molecule has 0 aliphatic heterocycles. The highest BCUT2D eigenvalue weighted by Gasteiger charge is 2.25. The number of alkyl halides is 3. The number of amides is 1. The first-order chi connectivity index (χ1) is 9.33. The molecular formula is C13H18BrF3N2O. The van der Waals surface area contributed by atoms with Crippen LogP contribution in [0.5, 0.6) is 0 Å². The molecule has 0 aliphatic carbocycles. The molecule has 1 aromatic rings. The van der Waals surface area contributed by atoms with Crippen molar-refractivity contribution >= 4 is 21.8 Å². The third-order valence-electron chi connectivity index (χ3n) is 2.73. The molecule has 0 aromatic carbocycles. The van der Waals surface area contributed by atoms with Gasteiger partial charge < -0.3 is 9.88 Å². The summed E-state index contributed by atoms with van der Waals surface area (Å²) < 4.78 is 38.5. The van der Waals surface area contributed by atoms with Crippen molar-refractivity contribution in [3.8, 4) is 0 Å². The summed E-state index contributed by atoms with van der Waals surface area (Å²) in [6, 6.07) is 1.71. The number of hydrogen-bond donors (Lipinski definition) is 1. The van der Waals surface area contributed by atoms with Crippen molar-refractivity contribution in [2.24, 2.45) is 0 Å². The monoisotopic (exact) mass is 354 g/mol. The fourth-order valence-electron chi connectivity index (χ4n) is 1.83. The standard InChI is InChI=1S/C13H18BrF3N2O/c1-2-7-19-9-10(14)8-11(19)12(20)18-6-4-3-5-13(15,16)17/h8-9H,2-7H2,1H3,(H,18,20). The molecule has 7 heteroatoms. The Bertz CT molecular complexity index is 443. The van der Waals surface area contributed by atoms with E-state index >= 15 is 0 Å². The fourth-order valence-corrected chi connectivity index (χ4v) is 2.30. The van der Waals surface area contributed by atoms with Gasteiger partial charge in [-0.1, -0.05) is 6.92 Å². The van der Waals surface area contributed by atoms with Crippen LogP contribution in [-0.4, -0.2) is 23.2 Å². The van der Waals surface area contributed by atoms with E-state index in [1.807, 2.05) is 17.7 Å². The molecule has 0 saturated carbocycles. The molecule has 0 atom stereocenters. The van der Waals surface area contributed by atoms with Crippen LogP contribution in [0.3, 0.4) is 0 Å². The minimum absolute atomic E-state index is 0.0312. The van der Waals surface area contributed by atoms with Crippen LogP contribution >= 0.6 is 15.9 Å². The van der Waals surface area contributed by atoms with Gasteiger partial charge in [-0.3, -0.25) is 4.79 Å². The lowest BCUT2D eigenvalue weighted by atomic mass is 10.2. The third-order valence-corrected chi connectivity index (χ3v) is 3.17. The minimum atomic E-state index is -4.12. The number of rotatable bonds is 7. The van der Waals surface area contributed by atoms with Crippen LogP contribution in [0.25, 0.3) is 0 Å². The minimum Gasteiger partial charge on any atom is -0.351 e. The predicted octanol–water partition coefficient (Wildman–Crippen LogP) is 4.12. The maximum atomic E-state index is 12.0.